The Hall–Kier alpha value is -1.35. The maximum atomic E-state index is 12.5. The van der Waals surface area contributed by atoms with Crippen LogP contribution in [-0.4, -0.2) is 22.5 Å². The molecule has 0 radical (unpaired) electrons. The second kappa shape index (κ2) is 3.35. The summed E-state index contributed by atoms with van der Waals surface area (Å²) in [6, 6.07) is 7.95. The van der Waals surface area contributed by atoms with Gasteiger partial charge in [-0.3, -0.25) is 4.79 Å². The fourth-order valence-electron chi connectivity index (χ4n) is 3.50. The Labute approximate surface area is 106 Å². The Morgan fingerprint density at radius 3 is 2.83 bits per heavy atom. The van der Waals surface area contributed by atoms with Crippen LogP contribution in [0.25, 0.3) is 0 Å². The summed E-state index contributed by atoms with van der Waals surface area (Å²) in [6.07, 6.45) is 3.54. The molecule has 18 heavy (non-hydrogen) atoms. The van der Waals surface area contributed by atoms with Gasteiger partial charge in [-0.2, -0.15) is 0 Å². The molecule has 1 spiro atoms. The first-order valence-corrected chi connectivity index (χ1v) is 6.74. The van der Waals surface area contributed by atoms with Crippen LogP contribution >= 0.6 is 0 Å². The summed E-state index contributed by atoms with van der Waals surface area (Å²) in [5.74, 6) is 0.517. The van der Waals surface area contributed by atoms with Crippen LogP contribution in [0.15, 0.2) is 24.3 Å². The van der Waals surface area contributed by atoms with Crippen LogP contribution in [0.3, 0.4) is 0 Å². The molecule has 1 aromatic rings. The van der Waals surface area contributed by atoms with Crippen molar-refractivity contribution in [3.05, 3.63) is 35.4 Å². The largest absolute Gasteiger partial charge is 0.394 e. The highest BCUT2D eigenvalue weighted by atomic mass is 16.3. The highest BCUT2D eigenvalue weighted by Crippen LogP contribution is 2.71. The average molecular weight is 243 g/mol. The number of amides is 1. The minimum absolute atomic E-state index is 0.0302. The predicted molar refractivity (Wildman–Crippen MR) is 66.6 cm³/mol. The van der Waals surface area contributed by atoms with Gasteiger partial charge in [-0.1, -0.05) is 24.3 Å². The van der Waals surface area contributed by atoms with E-state index in [2.05, 4.69) is 6.07 Å². The summed E-state index contributed by atoms with van der Waals surface area (Å²) >= 11 is 0. The number of carbonyl (C=O) groups is 1. The van der Waals surface area contributed by atoms with E-state index in [0.29, 0.717) is 12.0 Å². The average Bonchev–Trinajstić information content (AvgIpc) is 3.29. The molecule has 94 valence electrons. The van der Waals surface area contributed by atoms with Gasteiger partial charge in [0.25, 0.3) is 0 Å². The molecule has 1 N–H and O–H groups in total. The van der Waals surface area contributed by atoms with Crippen LogP contribution in [0, 0.1) is 11.3 Å². The van der Waals surface area contributed by atoms with Gasteiger partial charge in [-0.25, -0.2) is 0 Å². The van der Waals surface area contributed by atoms with Crippen LogP contribution in [0.1, 0.15) is 36.4 Å². The fourth-order valence-corrected chi connectivity index (χ4v) is 3.50. The van der Waals surface area contributed by atoms with Gasteiger partial charge in [0.2, 0.25) is 5.91 Å². The molecule has 3 aliphatic rings. The highest BCUT2D eigenvalue weighted by Gasteiger charge is 2.66. The van der Waals surface area contributed by atoms with Gasteiger partial charge in [0.05, 0.1) is 12.6 Å². The molecule has 2 atom stereocenters. The molecule has 4 rings (SSSR count). The number of benzene rings is 1. The Kier molecular flexibility index (Phi) is 1.97. The van der Waals surface area contributed by atoms with Crippen molar-refractivity contribution < 1.29 is 9.90 Å². The number of hydrogen-bond donors (Lipinski definition) is 1. The van der Waals surface area contributed by atoms with Gasteiger partial charge in [-0.15, -0.1) is 0 Å². The van der Waals surface area contributed by atoms with Crippen molar-refractivity contribution in [2.24, 2.45) is 11.3 Å². The lowest BCUT2D eigenvalue weighted by Gasteiger charge is -2.23. The van der Waals surface area contributed by atoms with Crippen molar-refractivity contribution in [2.45, 2.75) is 31.8 Å². The Bertz CT molecular complexity index is 521. The van der Waals surface area contributed by atoms with Crippen molar-refractivity contribution in [1.29, 1.82) is 0 Å². The third-order valence-corrected chi connectivity index (χ3v) is 4.97. The minimum Gasteiger partial charge on any atom is -0.394 e. The van der Waals surface area contributed by atoms with E-state index >= 15 is 0 Å². The third kappa shape index (κ3) is 1.31. The number of aliphatic hydroxyl groups excluding tert-OH is 1. The van der Waals surface area contributed by atoms with Crippen LogP contribution in [0.5, 0.6) is 0 Å². The molecule has 1 aliphatic heterocycles. The van der Waals surface area contributed by atoms with E-state index < -0.39 is 0 Å². The third-order valence-electron chi connectivity index (χ3n) is 4.97. The molecular weight excluding hydrogens is 226 g/mol. The minimum atomic E-state index is -0.120. The Balaban J connectivity index is 1.61. The van der Waals surface area contributed by atoms with Gasteiger partial charge < -0.3 is 10.0 Å². The summed E-state index contributed by atoms with van der Waals surface area (Å²) < 4.78 is 0. The molecule has 3 heteroatoms. The summed E-state index contributed by atoms with van der Waals surface area (Å²) in [6.45, 7) is 0.704. The number of carbonyl (C=O) groups excluding carboxylic acids is 1. The van der Waals surface area contributed by atoms with Crippen molar-refractivity contribution in [1.82, 2.24) is 4.90 Å². The van der Waals surface area contributed by atoms with Crippen LogP contribution in [0.2, 0.25) is 0 Å². The van der Waals surface area contributed by atoms with Crippen molar-refractivity contribution >= 4 is 5.91 Å². The van der Waals surface area contributed by atoms with Crippen LogP contribution in [0.4, 0.5) is 0 Å². The normalized spacial score (nSPS) is 30.4. The summed E-state index contributed by atoms with van der Waals surface area (Å²) in [4.78, 5) is 14.4. The van der Waals surface area contributed by atoms with Gasteiger partial charge in [0, 0.05) is 12.5 Å². The van der Waals surface area contributed by atoms with Crippen molar-refractivity contribution in [3.63, 3.8) is 0 Å². The molecule has 2 aliphatic carbocycles. The molecule has 2 saturated carbocycles. The lowest BCUT2D eigenvalue weighted by Crippen LogP contribution is -2.33. The maximum Gasteiger partial charge on any atom is 0.227 e. The van der Waals surface area contributed by atoms with Gasteiger partial charge in [-0.05, 0) is 35.8 Å². The second-order valence-electron chi connectivity index (χ2n) is 5.98. The zero-order valence-electron chi connectivity index (χ0n) is 10.3. The molecule has 0 bridgehead atoms. The Morgan fingerprint density at radius 1 is 1.39 bits per heavy atom. The van der Waals surface area contributed by atoms with E-state index in [9.17, 15) is 9.90 Å². The van der Waals surface area contributed by atoms with E-state index in [1.807, 2.05) is 23.1 Å². The zero-order chi connectivity index (χ0) is 12.3. The summed E-state index contributed by atoms with van der Waals surface area (Å²) in [5.41, 5.74) is 2.71. The monoisotopic (exact) mass is 243 g/mol. The molecular formula is C15H17NO2. The first kappa shape index (κ1) is 10.6. The molecule has 3 nitrogen and oxygen atoms in total. The van der Waals surface area contributed by atoms with Gasteiger partial charge >= 0.3 is 0 Å². The Morgan fingerprint density at radius 2 is 2.17 bits per heavy atom. The molecule has 1 amide bonds. The first-order valence-electron chi connectivity index (χ1n) is 6.74. The number of aliphatic hydroxyl groups is 1. The molecule has 2 fully saturated rings. The van der Waals surface area contributed by atoms with Crippen molar-refractivity contribution in [3.8, 4) is 0 Å². The fraction of sp³-hybridized carbons (Fsp3) is 0.533. The number of hydrogen-bond acceptors (Lipinski definition) is 2. The molecule has 1 heterocycles. The summed E-state index contributed by atoms with van der Waals surface area (Å²) in [5, 5.41) is 9.59. The maximum absolute atomic E-state index is 12.5. The van der Waals surface area contributed by atoms with E-state index in [0.717, 1.165) is 12.0 Å². The summed E-state index contributed by atoms with van der Waals surface area (Å²) in [7, 11) is 0. The number of fused-ring (bicyclic) bond motifs is 1. The lowest BCUT2D eigenvalue weighted by atomic mass is 10.1. The topological polar surface area (TPSA) is 40.5 Å². The lowest BCUT2D eigenvalue weighted by molar-refractivity contribution is -0.136. The van der Waals surface area contributed by atoms with E-state index in [-0.39, 0.29) is 24.5 Å². The predicted octanol–water partition coefficient (Wildman–Crippen LogP) is 1.86. The molecule has 2 unspecified atom stereocenters. The quantitative estimate of drug-likeness (QED) is 0.861. The SMILES string of the molecule is O=C(C1CC12CC2)N1Cc2ccccc2C1CO. The standard InChI is InChI=1S/C15H17NO2/c17-9-13-11-4-2-1-3-10(11)8-16(13)14(18)12-7-15(12)5-6-15/h1-4,12-13,17H,5-9H2. The number of nitrogens with zero attached hydrogens (tertiary/aromatic N) is 1. The molecule has 1 aromatic carbocycles. The smallest absolute Gasteiger partial charge is 0.227 e. The molecule has 0 aromatic heterocycles. The second-order valence-corrected chi connectivity index (χ2v) is 5.98. The van der Waals surface area contributed by atoms with E-state index in [4.69, 9.17) is 0 Å². The van der Waals surface area contributed by atoms with Crippen molar-refractivity contribution in [2.75, 3.05) is 6.61 Å². The highest BCUT2D eigenvalue weighted by molar-refractivity contribution is 5.84. The molecule has 0 saturated heterocycles. The number of rotatable bonds is 2. The zero-order valence-corrected chi connectivity index (χ0v) is 10.3. The van der Waals surface area contributed by atoms with Crippen LogP contribution < -0.4 is 0 Å². The van der Waals surface area contributed by atoms with Crippen LogP contribution in [-0.2, 0) is 11.3 Å². The van der Waals surface area contributed by atoms with E-state index in [1.165, 1.54) is 18.4 Å². The van der Waals surface area contributed by atoms with Gasteiger partial charge in [0.15, 0.2) is 0 Å². The first-order chi connectivity index (χ1) is 8.75. The van der Waals surface area contributed by atoms with E-state index in [1.54, 1.807) is 0 Å². The van der Waals surface area contributed by atoms with Gasteiger partial charge in [0.1, 0.15) is 0 Å².